The Morgan fingerprint density at radius 2 is 1.34 bits per heavy atom. The number of aromatic carboxylic acids is 1. The van der Waals surface area contributed by atoms with Crippen LogP contribution < -0.4 is 31.9 Å². The molecule has 3 heterocycles. The zero-order chi connectivity index (χ0) is 42.6. The lowest BCUT2D eigenvalue weighted by Crippen LogP contribution is -2.61. The van der Waals surface area contributed by atoms with Crippen LogP contribution in [0.15, 0.2) is 66.0 Å². The van der Waals surface area contributed by atoms with Crippen molar-refractivity contribution in [1.29, 1.82) is 0 Å². The van der Waals surface area contributed by atoms with Crippen molar-refractivity contribution in [2.24, 2.45) is 5.92 Å². The average Bonchev–Trinajstić information content (AvgIpc) is 3.90. The van der Waals surface area contributed by atoms with Gasteiger partial charge in [-0.05, 0) is 49.7 Å². The van der Waals surface area contributed by atoms with Gasteiger partial charge in [-0.3, -0.25) is 34.1 Å². The number of fused-ring (bicyclic) bond motifs is 1. The molecule has 0 radical (unpaired) electrons. The van der Waals surface area contributed by atoms with Gasteiger partial charge in [0, 0.05) is 31.2 Å². The fourth-order valence-corrected chi connectivity index (χ4v) is 7.76. The number of nitrogens with one attached hydrogen (secondary N) is 6. The summed E-state index contributed by atoms with van der Waals surface area (Å²) in [7, 11) is 0. The second-order valence-electron chi connectivity index (χ2n) is 15.1. The highest BCUT2D eigenvalue weighted by Crippen LogP contribution is 2.21. The molecule has 18 heteroatoms. The molecular weight excluding hydrogens is 781 g/mol. The van der Waals surface area contributed by atoms with Crippen LogP contribution in [0, 0.1) is 5.92 Å². The Balaban J connectivity index is 1.50. The summed E-state index contributed by atoms with van der Waals surface area (Å²) in [6, 6.07) is 9.49. The first-order valence-electron chi connectivity index (χ1n) is 19.6. The van der Waals surface area contributed by atoms with E-state index < -0.39 is 83.7 Å². The van der Waals surface area contributed by atoms with E-state index in [-0.39, 0.29) is 50.3 Å². The summed E-state index contributed by atoms with van der Waals surface area (Å²) >= 11 is 1.04. The van der Waals surface area contributed by atoms with Crippen LogP contribution >= 0.6 is 11.3 Å². The number of amides is 8. The van der Waals surface area contributed by atoms with Gasteiger partial charge in [-0.25, -0.2) is 14.6 Å². The predicted molar refractivity (Wildman–Crippen MR) is 216 cm³/mol. The molecule has 0 saturated carbocycles. The number of carboxylic acids is 1. The molecule has 2 aliphatic heterocycles. The van der Waals surface area contributed by atoms with Crippen LogP contribution in [0.25, 0.3) is 0 Å². The number of aromatic nitrogens is 1. The van der Waals surface area contributed by atoms with Crippen molar-refractivity contribution in [2.45, 2.75) is 102 Å². The first kappa shape index (κ1) is 43.9. The Hall–Kier alpha value is -6.17. The SMILES string of the molecule is CC(C)C[C@@H]1NC(=O)[C@H](Cc2ccccc2)NC(=O)N[C@@H](CCc2nc(C(=O)O)cs2)C(=O)NC(=O)[C@H](Cc2ccccc2)NC(=O)[C@H](C)NC(=O)[C@@H]2CCCN2C1=O. The normalized spacial score (nSPS) is 23.9. The van der Waals surface area contributed by atoms with Crippen LogP contribution in [0.1, 0.15) is 73.1 Å². The molecule has 0 bridgehead atoms. The van der Waals surface area contributed by atoms with E-state index in [1.165, 1.54) is 17.2 Å². The molecule has 0 unspecified atom stereocenters. The highest BCUT2D eigenvalue weighted by Gasteiger charge is 2.40. The van der Waals surface area contributed by atoms with E-state index in [0.29, 0.717) is 29.0 Å². The van der Waals surface area contributed by atoms with Gasteiger partial charge in [-0.15, -0.1) is 11.3 Å². The first-order chi connectivity index (χ1) is 28.2. The lowest BCUT2D eigenvalue weighted by Gasteiger charge is -2.31. The van der Waals surface area contributed by atoms with Gasteiger partial charge in [0.15, 0.2) is 5.69 Å². The molecule has 314 valence electrons. The molecule has 59 heavy (non-hydrogen) atoms. The molecule has 2 aromatic carbocycles. The number of rotatable bonds is 10. The predicted octanol–water partition coefficient (Wildman–Crippen LogP) is 1.46. The zero-order valence-corrected chi connectivity index (χ0v) is 33.9. The van der Waals surface area contributed by atoms with Gasteiger partial charge in [-0.2, -0.15) is 0 Å². The molecule has 2 fully saturated rings. The van der Waals surface area contributed by atoms with Crippen LogP contribution in [-0.2, 0) is 48.0 Å². The summed E-state index contributed by atoms with van der Waals surface area (Å²) in [6.07, 6.45) is 0.883. The first-order valence-corrected chi connectivity index (χ1v) is 20.4. The summed E-state index contributed by atoms with van der Waals surface area (Å²) in [4.78, 5) is 114. The van der Waals surface area contributed by atoms with Crippen LogP contribution in [0.2, 0.25) is 0 Å². The Morgan fingerprint density at radius 3 is 1.93 bits per heavy atom. The third-order valence-electron chi connectivity index (χ3n) is 10.0. The minimum Gasteiger partial charge on any atom is -0.476 e. The maximum absolute atomic E-state index is 14.2. The van der Waals surface area contributed by atoms with Crippen LogP contribution in [0.4, 0.5) is 4.79 Å². The van der Waals surface area contributed by atoms with Crippen LogP contribution in [0.3, 0.4) is 0 Å². The van der Waals surface area contributed by atoms with Crippen LogP contribution in [-0.4, -0.2) is 105 Å². The molecule has 0 aliphatic carbocycles. The van der Waals surface area contributed by atoms with Gasteiger partial charge in [0.2, 0.25) is 35.4 Å². The topological polar surface area (TPSA) is 245 Å². The molecule has 2 aliphatic rings. The number of urea groups is 1. The van der Waals surface area contributed by atoms with Crippen molar-refractivity contribution in [2.75, 3.05) is 6.54 Å². The summed E-state index contributed by atoms with van der Waals surface area (Å²) in [5.74, 6) is -5.64. The number of hydrogen-bond acceptors (Lipinski definition) is 10. The lowest BCUT2D eigenvalue weighted by molar-refractivity contribution is -0.142. The van der Waals surface area contributed by atoms with Gasteiger partial charge in [0.25, 0.3) is 0 Å². The molecule has 2 saturated heterocycles. The Kier molecular flexibility index (Phi) is 15.3. The standard InChI is InChI=1S/C41H50N8O9S/c1-23(2)19-30-39(55)49-18-10-15-32(49)38(54)42-24(3)34(50)44-28(20-25-11-6-4-7-12-25)37(53)48-35(51)27(16-17-33-43-31(22-59-33)40(56)57)46-41(58)47-29(36(52)45-30)21-26-13-8-5-9-14-26/h4-9,11-14,22-24,27-30,32H,10,15-21H2,1-3H3,(H,42,54)(H,44,50)(H,45,52)(H,56,57)(H2,46,47,58)(H,48,51,53)/t24-,27-,28-,29-,30-,32-/m0/s1. The van der Waals surface area contributed by atoms with Crippen molar-refractivity contribution < 1.29 is 43.5 Å². The van der Waals surface area contributed by atoms with Crippen molar-refractivity contribution in [3.63, 3.8) is 0 Å². The van der Waals surface area contributed by atoms with Crippen molar-refractivity contribution in [3.8, 4) is 0 Å². The van der Waals surface area contributed by atoms with E-state index >= 15 is 0 Å². The zero-order valence-electron chi connectivity index (χ0n) is 33.1. The Bertz CT molecular complexity index is 2010. The number of carboxylic acid groups (broad SMARTS) is 1. The molecule has 3 aromatic rings. The van der Waals surface area contributed by atoms with E-state index in [4.69, 9.17) is 0 Å². The Morgan fingerprint density at radius 1 is 0.763 bits per heavy atom. The minimum atomic E-state index is -1.42. The molecule has 7 N–H and O–H groups in total. The number of thiazole rings is 1. The van der Waals surface area contributed by atoms with Gasteiger partial charge < -0.3 is 36.6 Å². The molecular formula is C41H50N8O9S. The third-order valence-corrected chi connectivity index (χ3v) is 10.9. The number of hydrogen-bond donors (Lipinski definition) is 7. The van der Waals surface area contributed by atoms with E-state index in [9.17, 15) is 43.5 Å². The quantitative estimate of drug-likeness (QED) is 0.145. The average molecular weight is 831 g/mol. The molecule has 1 aromatic heterocycles. The molecule has 5 rings (SSSR count). The molecule has 6 atom stereocenters. The maximum atomic E-state index is 14.2. The molecule has 0 spiro atoms. The van der Waals surface area contributed by atoms with Crippen molar-refractivity contribution >= 4 is 58.8 Å². The van der Waals surface area contributed by atoms with Gasteiger partial charge in [0.1, 0.15) is 36.3 Å². The highest BCUT2D eigenvalue weighted by atomic mass is 32.1. The number of aryl methyl sites for hydroxylation is 1. The maximum Gasteiger partial charge on any atom is 0.355 e. The molecule has 17 nitrogen and oxygen atoms in total. The summed E-state index contributed by atoms with van der Waals surface area (Å²) < 4.78 is 0. The summed E-state index contributed by atoms with van der Waals surface area (Å²) in [6.45, 7) is 5.44. The lowest BCUT2D eigenvalue weighted by atomic mass is 10.00. The van der Waals surface area contributed by atoms with E-state index in [1.54, 1.807) is 60.7 Å². The fourth-order valence-electron chi connectivity index (χ4n) is 6.97. The Labute approximate surface area is 345 Å². The van der Waals surface area contributed by atoms with Gasteiger partial charge >= 0.3 is 12.0 Å². The number of carbonyl (C=O) groups excluding carboxylic acids is 7. The van der Waals surface area contributed by atoms with Gasteiger partial charge in [-0.1, -0.05) is 74.5 Å². The van der Waals surface area contributed by atoms with E-state index in [1.807, 2.05) is 13.8 Å². The number of imide groups is 1. The number of benzene rings is 2. The monoisotopic (exact) mass is 830 g/mol. The minimum absolute atomic E-state index is 0.00259. The van der Waals surface area contributed by atoms with Crippen molar-refractivity contribution in [3.05, 3.63) is 87.9 Å². The smallest absolute Gasteiger partial charge is 0.355 e. The van der Waals surface area contributed by atoms with Gasteiger partial charge in [0.05, 0.1) is 5.01 Å². The number of nitrogens with zero attached hydrogens (tertiary/aromatic N) is 2. The number of carbonyl (C=O) groups is 8. The molecule has 8 amide bonds. The second kappa shape index (κ2) is 20.5. The summed E-state index contributed by atoms with van der Waals surface area (Å²) in [5.41, 5.74) is 1.14. The van der Waals surface area contributed by atoms with Crippen molar-refractivity contribution in [1.82, 2.24) is 41.8 Å². The summed E-state index contributed by atoms with van der Waals surface area (Å²) in [5, 5.41) is 26.7. The third kappa shape index (κ3) is 12.4. The highest BCUT2D eigenvalue weighted by molar-refractivity contribution is 7.09. The van der Waals surface area contributed by atoms with Crippen LogP contribution in [0.5, 0.6) is 0 Å². The second-order valence-corrected chi connectivity index (χ2v) is 16.0. The largest absolute Gasteiger partial charge is 0.476 e. The fraction of sp³-hybridized carbons (Fsp3) is 0.439. The van der Waals surface area contributed by atoms with E-state index in [0.717, 1.165) is 11.3 Å². The van der Waals surface area contributed by atoms with E-state index in [2.05, 4.69) is 36.9 Å².